The number of nitrogens with zero attached hydrogens (tertiary/aromatic N) is 2. The molecule has 0 aliphatic heterocycles. The van der Waals surface area contributed by atoms with Gasteiger partial charge in [0.25, 0.3) is 0 Å². The Morgan fingerprint density at radius 1 is 1.10 bits per heavy atom. The quantitative estimate of drug-likeness (QED) is 0.219. The lowest BCUT2D eigenvalue weighted by Crippen LogP contribution is -2.13. The molecule has 5 nitrogen and oxygen atoms in total. The topological polar surface area (TPSA) is 88.8 Å². The van der Waals surface area contributed by atoms with Gasteiger partial charge < -0.3 is 11.1 Å². The smallest absolute Gasteiger partial charge is 0.135 e. The molecule has 2 rings (SSSR count). The van der Waals surface area contributed by atoms with Crippen LogP contribution in [0.4, 0.5) is 5.69 Å². The number of hydrogen-bond donors (Lipinski definition) is 3. The molecule has 6 heteroatoms. The normalized spacial score (nSPS) is 10.8. The van der Waals surface area contributed by atoms with E-state index in [0.29, 0.717) is 12.3 Å². The molecule has 0 aliphatic rings. The van der Waals surface area contributed by atoms with Crippen LogP contribution >= 0.6 is 11.9 Å². The summed E-state index contributed by atoms with van der Waals surface area (Å²) in [6.45, 7) is 12.7. The van der Waals surface area contributed by atoms with E-state index in [9.17, 15) is 0 Å². The predicted octanol–water partition coefficient (Wildman–Crippen LogP) is 5.64. The van der Waals surface area contributed by atoms with Gasteiger partial charge in [0.2, 0.25) is 0 Å². The third-order valence-corrected chi connectivity index (χ3v) is 4.40. The maximum absolute atomic E-state index is 5.51. The summed E-state index contributed by atoms with van der Waals surface area (Å²) < 4.78 is 0. The number of amidine groups is 1. The molecule has 0 atom stereocenters. The lowest BCUT2D eigenvalue weighted by atomic mass is 10.1. The molecule has 0 spiro atoms. The van der Waals surface area contributed by atoms with E-state index < -0.39 is 0 Å². The number of hydrogen-bond acceptors (Lipinski definition) is 4. The van der Waals surface area contributed by atoms with Gasteiger partial charge in [-0.05, 0) is 68.2 Å². The highest BCUT2D eigenvalue weighted by Crippen LogP contribution is 2.19. The summed E-state index contributed by atoms with van der Waals surface area (Å²) >= 11 is 1.21. The Morgan fingerprint density at radius 2 is 1.80 bits per heavy atom. The minimum Gasteiger partial charge on any atom is -0.390 e. The SMILES string of the molecule is CC.CCCCNCC.Cc1cccc(CC(N=CN)=Nc2ccc(SN)cc2)c1. The summed E-state index contributed by atoms with van der Waals surface area (Å²) in [4.78, 5) is 9.69. The molecule has 0 aliphatic carbocycles. The van der Waals surface area contributed by atoms with Gasteiger partial charge in [-0.3, -0.25) is 5.14 Å². The summed E-state index contributed by atoms with van der Waals surface area (Å²) in [5, 5.41) is 8.76. The van der Waals surface area contributed by atoms with Crippen LogP contribution in [-0.2, 0) is 6.42 Å². The highest BCUT2D eigenvalue weighted by atomic mass is 32.2. The molecule has 0 amide bonds. The van der Waals surface area contributed by atoms with Crippen LogP contribution in [0.1, 0.15) is 51.7 Å². The molecule has 0 radical (unpaired) electrons. The molecule has 0 fully saturated rings. The van der Waals surface area contributed by atoms with Gasteiger partial charge in [0.15, 0.2) is 0 Å². The fraction of sp³-hybridized carbons (Fsp3) is 0.417. The molecule has 0 aromatic heterocycles. The van der Waals surface area contributed by atoms with Crippen LogP contribution in [0.25, 0.3) is 0 Å². The van der Waals surface area contributed by atoms with Gasteiger partial charge in [-0.15, -0.1) is 0 Å². The average molecular weight is 430 g/mol. The summed E-state index contributed by atoms with van der Waals surface area (Å²) in [7, 11) is 0. The third-order valence-electron chi connectivity index (χ3n) is 3.86. The van der Waals surface area contributed by atoms with Crippen molar-refractivity contribution in [2.45, 2.75) is 58.8 Å². The number of nitrogens with one attached hydrogen (secondary N) is 1. The molecular weight excluding hydrogens is 390 g/mol. The number of nitrogens with two attached hydrogens (primary N) is 2. The number of unbranched alkanes of at least 4 members (excludes halogenated alkanes) is 1. The molecular formula is C24H39N5S. The minimum atomic E-state index is 0.642. The van der Waals surface area contributed by atoms with E-state index >= 15 is 0 Å². The van der Waals surface area contributed by atoms with Gasteiger partial charge in [0, 0.05) is 11.3 Å². The van der Waals surface area contributed by atoms with Gasteiger partial charge in [-0.2, -0.15) is 0 Å². The van der Waals surface area contributed by atoms with Crippen molar-refractivity contribution >= 4 is 29.8 Å². The first-order valence-corrected chi connectivity index (χ1v) is 11.6. The van der Waals surface area contributed by atoms with Crippen molar-refractivity contribution in [1.29, 1.82) is 0 Å². The van der Waals surface area contributed by atoms with E-state index in [-0.39, 0.29) is 0 Å². The van der Waals surface area contributed by atoms with Crippen LogP contribution in [0.2, 0.25) is 0 Å². The van der Waals surface area contributed by atoms with Crippen LogP contribution in [0.5, 0.6) is 0 Å². The van der Waals surface area contributed by atoms with Crippen molar-refractivity contribution in [1.82, 2.24) is 5.32 Å². The van der Waals surface area contributed by atoms with Crippen LogP contribution in [0.15, 0.2) is 63.4 Å². The number of aryl methyl sites for hydroxylation is 1. The van der Waals surface area contributed by atoms with E-state index in [0.717, 1.165) is 22.7 Å². The number of aliphatic imine (C=N–C) groups is 2. The van der Waals surface area contributed by atoms with E-state index in [1.54, 1.807) is 0 Å². The molecule has 166 valence electrons. The third kappa shape index (κ3) is 13.1. The van der Waals surface area contributed by atoms with Crippen molar-refractivity contribution in [2.75, 3.05) is 13.1 Å². The van der Waals surface area contributed by atoms with Gasteiger partial charge in [-0.1, -0.05) is 63.9 Å². The Labute approximate surface area is 187 Å². The first-order valence-electron chi connectivity index (χ1n) is 10.7. The second kappa shape index (κ2) is 18.9. The van der Waals surface area contributed by atoms with Crippen molar-refractivity contribution in [3.8, 4) is 0 Å². The van der Waals surface area contributed by atoms with Crippen LogP contribution in [-0.4, -0.2) is 25.3 Å². The molecule has 0 bridgehead atoms. The molecule has 0 saturated heterocycles. The van der Waals surface area contributed by atoms with Gasteiger partial charge in [-0.25, -0.2) is 9.98 Å². The zero-order valence-electron chi connectivity index (χ0n) is 19.2. The maximum Gasteiger partial charge on any atom is 0.135 e. The zero-order chi connectivity index (χ0) is 22.6. The molecule has 2 aromatic rings. The predicted molar refractivity (Wildman–Crippen MR) is 136 cm³/mol. The minimum absolute atomic E-state index is 0.642. The molecule has 2 aromatic carbocycles. The summed E-state index contributed by atoms with van der Waals surface area (Å²) in [5.74, 6) is 0.677. The van der Waals surface area contributed by atoms with Crippen molar-refractivity contribution < 1.29 is 0 Å². The lowest BCUT2D eigenvalue weighted by Gasteiger charge is -2.04. The molecule has 0 heterocycles. The van der Waals surface area contributed by atoms with Gasteiger partial charge in [0.1, 0.15) is 5.84 Å². The number of benzene rings is 2. The first-order chi connectivity index (χ1) is 14.6. The average Bonchev–Trinajstić information content (AvgIpc) is 2.77. The Balaban J connectivity index is 0.000000795. The number of rotatable bonds is 8. The van der Waals surface area contributed by atoms with Gasteiger partial charge >= 0.3 is 0 Å². The van der Waals surface area contributed by atoms with E-state index in [1.165, 1.54) is 43.2 Å². The van der Waals surface area contributed by atoms with E-state index in [1.807, 2.05) is 44.2 Å². The molecule has 0 saturated carbocycles. The Morgan fingerprint density at radius 3 is 2.33 bits per heavy atom. The lowest BCUT2D eigenvalue weighted by molar-refractivity contribution is 0.663. The second-order valence-corrected chi connectivity index (χ2v) is 7.00. The van der Waals surface area contributed by atoms with Gasteiger partial charge in [0.05, 0.1) is 12.0 Å². The fourth-order valence-electron chi connectivity index (χ4n) is 2.43. The largest absolute Gasteiger partial charge is 0.390 e. The second-order valence-electron chi connectivity index (χ2n) is 6.29. The Bertz CT molecular complexity index is 723. The summed E-state index contributed by atoms with van der Waals surface area (Å²) in [6.07, 6.45) is 4.53. The molecule has 5 N–H and O–H groups in total. The Hall–Kier alpha value is -2.15. The van der Waals surface area contributed by atoms with E-state index in [2.05, 4.69) is 54.3 Å². The monoisotopic (exact) mass is 429 g/mol. The highest BCUT2D eigenvalue weighted by Gasteiger charge is 2.01. The first kappa shape index (κ1) is 27.8. The van der Waals surface area contributed by atoms with Crippen molar-refractivity contribution in [3.63, 3.8) is 0 Å². The summed E-state index contributed by atoms with van der Waals surface area (Å²) in [5.41, 5.74) is 8.63. The highest BCUT2D eigenvalue weighted by molar-refractivity contribution is 7.97. The van der Waals surface area contributed by atoms with E-state index in [4.69, 9.17) is 10.9 Å². The van der Waals surface area contributed by atoms with Crippen LogP contribution in [0, 0.1) is 6.92 Å². The molecule has 30 heavy (non-hydrogen) atoms. The van der Waals surface area contributed by atoms with Crippen molar-refractivity contribution in [2.24, 2.45) is 20.9 Å². The van der Waals surface area contributed by atoms with Crippen molar-refractivity contribution in [3.05, 3.63) is 59.7 Å². The fourth-order valence-corrected chi connectivity index (χ4v) is 2.72. The van der Waals surface area contributed by atoms with Crippen LogP contribution in [0.3, 0.4) is 0 Å². The Kier molecular flexibility index (Phi) is 17.5. The zero-order valence-corrected chi connectivity index (χ0v) is 20.0. The standard InChI is InChI=1S/C16H18N4S.C6H15N.C2H6/c1-12-3-2-4-13(9-12)10-16(19-11-17)20-14-5-7-15(21-18)8-6-14;1-3-5-6-7-4-2;1-2/h2-9,11H,10,18H2,1H3,(H2,17,19,20);7H,3-6H2,1-2H3;1-2H3. The maximum atomic E-state index is 5.51. The van der Waals surface area contributed by atoms with Crippen LogP contribution < -0.4 is 16.2 Å². The molecule has 0 unspecified atom stereocenters. The summed E-state index contributed by atoms with van der Waals surface area (Å²) in [6, 6.07) is 16.0.